The smallest absolute Gasteiger partial charge is 0.0716 e. The average molecular weight is 696 g/mol. The van der Waals surface area contributed by atoms with Crippen LogP contribution in [0.3, 0.4) is 0 Å². The van der Waals surface area contributed by atoms with Gasteiger partial charge in [-0.15, -0.1) is 0 Å². The molecule has 0 saturated carbocycles. The summed E-state index contributed by atoms with van der Waals surface area (Å²) < 4.78 is 0. The van der Waals surface area contributed by atoms with E-state index in [1.165, 1.54) is 83.7 Å². The van der Waals surface area contributed by atoms with E-state index in [4.69, 9.17) is 0 Å². The van der Waals surface area contributed by atoms with Crippen LogP contribution in [0.15, 0.2) is 182 Å². The highest BCUT2D eigenvalue weighted by atomic mass is 15.1. The number of allylic oxidation sites excluding steroid dienone is 8. The van der Waals surface area contributed by atoms with Crippen LogP contribution in [0, 0.1) is 0 Å². The SMILES string of the molecule is CC1(C)c2ccccc2C2(C3=C(CCC=C3)c3cc(N(Cc4ccc(C5=CC=CCC5)cc4)c4cccc(-c5ccccc5)c4)ccc32)c2ccccc21. The van der Waals surface area contributed by atoms with E-state index in [1.54, 1.807) is 0 Å². The van der Waals surface area contributed by atoms with Crippen molar-refractivity contribution in [1.82, 2.24) is 0 Å². The number of nitrogens with zero attached hydrogens (tertiary/aromatic N) is 1. The summed E-state index contributed by atoms with van der Waals surface area (Å²) in [6.45, 7) is 5.58. The molecule has 0 bridgehead atoms. The molecule has 0 fully saturated rings. The van der Waals surface area contributed by atoms with Crippen LogP contribution in [0.2, 0.25) is 0 Å². The molecule has 6 aromatic carbocycles. The minimum Gasteiger partial charge on any atom is -0.337 e. The average Bonchev–Trinajstić information content (AvgIpc) is 3.53. The molecule has 0 atom stereocenters. The molecule has 10 rings (SSSR count). The summed E-state index contributed by atoms with van der Waals surface area (Å²) >= 11 is 0. The largest absolute Gasteiger partial charge is 0.337 e. The Morgan fingerprint density at radius 1 is 0.537 bits per heavy atom. The Morgan fingerprint density at radius 3 is 1.93 bits per heavy atom. The molecule has 0 aromatic heterocycles. The third-order valence-electron chi connectivity index (χ3n) is 12.6. The van der Waals surface area contributed by atoms with Crippen molar-refractivity contribution < 1.29 is 0 Å². The molecule has 1 nitrogen and oxygen atoms in total. The lowest BCUT2D eigenvalue weighted by atomic mass is 9.55. The summed E-state index contributed by atoms with van der Waals surface area (Å²) in [7, 11) is 0. The van der Waals surface area contributed by atoms with Gasteiger partial charge in [0.15, 0.2) is 0 Å². The molecule has 1 spiro atoms. The second kappa shape index (κ2) is 12.9. The van der Waals surface area contributed by atoms with Gasteiger partial charge < -0.3 is 4.90 Å². The maximum Gasteiger partial charge on any atom is 0.0716 e. The lowest BCUT2D eigenvalue weighted by molar-refractivity contribution is 0.561. The van der Waals surface area contributed by atoms with Crippen molar-refractivity contribution >= 4 is 22.5 Å². The van der Waals surface area contributed by atoms with E-state index < -0.39 is 0 Å². The van der Waals surface area contributed by atoms with Crippen molar-refractivity contribution in [2.24, 2.45) is 0 Å². The molecule has 0 unspecified atom stereocenters. The Labute approximate surface area is 320 Å². The van der Waals surface area contributed by atoms with E-state index in [2.05, 4.69) is 195 Å². The van der Waals surface area contributed by atoms with Gasteiger partial charge in [-0.2, -0.15) is 0 Å². The highest BCUT2D eigenvalue weighted by molar-refractivity contribution is 5.91. The summed E-state index contributed by atoms with van der Waals surface area (Å²) in [5.74, 6) is 0. The van der Waals surface area contributed by atoms with Crippen LogP contribution in [-0.2, 0) is 17.4 Å². The van der Waals surface area contributed by atoms with Crippen LogP contribution >= 0.6 is 0 Å². The van der Waals surface area contributed by atoms with E-state index >= 15 is 0 Å². The molecule has 0 radical (unpaired) electrons. The predicted molar refractivity (Wildman–Crippen MR) is 227 cm³/mol. The number of hydrogen-bond donors (Lipinski definition) is 0. The molecule has 0 heterocycles. The molecule has 4 aliphatic rings. The second-order valence-corrected chi connectivity index (χ2v) is 15.9. The Hall–Kier alpha value is -5.92. The zero-order valence-electron chi connectivity index (χ0n) is 31.2. The summed E-state index contributed by atoms with van der Waals surface area (Å²) in [4.78, 5) is 2.53. The van der Waals surface area contributed by atoms with Crippen molar-refractivity contribution in [3.05, 3.63) is 226 Å². The van der Waals surface area contributed by atoms with Crippen molar-refractivity contribution in [2.45, 2.75) is 56.9 Å². The van der Waals surface area contributed by atoms with Gasteiger partial charge in [-0.1, -0.05) is 166 Å². The molecule has 1 heteroatoms. The monoisotopic (exact) mass is 695 g/mol. The standard InChI is InChI=1S/C53H45N/c1-52(2)48-24-11-13-26-50(48)53(51-27-14-12-25-49(51)52)46-23-10-9-22-44(46)45-35-43(32-33-47(45)53)54(42-21-15-20-41(34-42)39-18-7-4-8-19-39)36-37-28-30-40(31-29-37)38-16-5-3-6-17-38/h3-5,7-8,10-16,18-21,23-35H,6,9,17,22,36H2,1-2H3. The van der Waals surface area contributed by atoms with Crippen LogP contribution in [0.4, 0.5) is 11.4 Å². The normalized spacial score (nSPS) is 17.0. The fourth-order valence-corrected chi connectivity index (χ4v) is 9.96. The molecule has 0 amide bonds. The highest BCUT2D eigenvalue weighted by Crippen LogP contribution is 2.63. The van der Waals surface area contributed by atoms with Gasteiger partial charge in [0.2, 0.25) is 0 Å². The number of benzene rings is 6. The Kier molecular flexibility index (Phi) is 7.81. The van der Waals surface area contributed by atoms with Gasteiger partial charge in [0.25, 0.3) is 0 Å². The first-order valence-electron chi connectivity index (χ1n) is 19.7. The maximum absolute atomic E-state index is 2.53. The van der Waals surface area contributed by atoms with Crippen molar-refractivity contribution in [3.63, 3.8) is 0 Å². The van der Waals surface area contributed by atoms with Crippen LogP contribution in [-0.4, -0.2) is 0 Å². The minimum absolute atomic E-state index is 0.0966. The summed E-state index contributed by atoms with van der Waals surface area (Å²) in [5, 5.41) is 0. The van der Waals surface area contributed by atoms with Crippen LogP contribution in [0.25, 0.3) is 22.3 Å². The van der Waals surface area contributed by atoms with Crippen LogP contribution < -0.4 is 4.90 Å². The van der Waals surface area contributed by atoms with Crippen LogP contribution in [0.5, 0.6) is 0 Å². The molecule has 0 N–H and O–H groups in total. The Balaban J connectivity index is 1.15. The van der Waals surface area contributed by atoms with Crippen LogP contribution in [0.1, 0.15) is 84.0 Å². The first kappa shape index (κ1) is 32.7. The number of rotatable bonds is 6. The minimum atomic E-state index is -0.348. The lowest BCUT2D eigenvalue weighted by Crippen LogP contribution is -2.41. The number of hydrogen-bond acceptors (Lipinski definition) is 1. The van der Waals surface area contributed by atoms with Gasteiger partial charge in [-0.3, -0.25) is 0 Å². The highest BCUT2D eigenvalue weighted by Gasteiger charge is 2.53. The van der Waals surface area contributed by atoms with Crippen molar-refractivity contribution in [3.8, 4) is 11.1 Å². The van der Waals surface area contributed by atoms with E-state index in [1.807, 2.05) is 0 Å². The van der Waals surface area contributed by atoms with Crippen molar-refractivity contribution in [2.75, 3.05) is 4.90 Å². The Morgan fingerprint density at radius 2 is 1.20 bits per heavy atom. The molecular weight excluding hydrogens is 651 g/mol. The lowest BCUT2D eigenvalue weighted by Gasteiger charge is -2.47. The van der Waals surface area contributed by atoms with Gasteiger partial charge in [0.05, 0.1) is 5.41 Å². The van der Waals surface area contributed by atoms with Gasteiger partial charge >= 0.3 is 0 Å². The molecule has 0 aliphatic heterocycles. The first-order valence-corrected chi connectivity index (χ1v) is 19.7. The van der Waals surface area contributed by atoms with E-state index in [9.17, 15) is 0 Å². The van der Waals surface area contributed by atoms with Gasteiger partial charge in [-0.05, 0) is 122 Å². The number of fused-ring (bicyclic) bond motifs is 8. The molecule has 4 aliphatic carbocycles. The predicted octanol–water partition coefficient (Wildman–Crippen LogP) is 13.5. The maximum atomic E-state index is 2.53. The molecule has 54 heavy (non-hydrogen) atoms. The van der Waals surface area contributed by atoms with E-state index in [-0.39, 0.29) is 10.8 Å². The molecule has 6 aromatic rings. The van der Waals surface area contributed by atoms with Crippen molar-refractivity contribution in [1.29, 1.82) is 0 Å². The zero-order valence-corrected chi connectivity index (χ0v) is 31.2. The van der Waals surface area contributed by atoms with E-state index in [0.29, 0.717) is 0 Å². The summed E-state index contributed by atoms with van der Waals surface area (Å²) in [6.07, 6.45) is 15.9. The third kappa shape index (κ3) is 5.06. The number of anilines is 2. The summed E-state index contributed by atoms with van der Waals surface area (Å²) in [5.41, 5.74) is 19.9. The molecular formula is C53H45N. The zero-order chi connectivity index (χ0) is 36.3. The molecule has 262 valence electrons. The first-order chi connectivity index (χ1) is 26.5. The molecule has 0 saturated heterocycles. The van der Waals surface area contributed by atoms with Gasteiger partial charge in [0.1, 0.15) is 0 Å². The topological polar surface area (TPSA) is 3.24 Å². The summed E-state index contributed by atoms with van der Waals surface area (Å²) in [6, 6.07) is 55.0. The third-order valence-corrected chi connectivity index (χ3v) is 12.6. The fourth-order valence-electron chi connectivity index (χ4n) is 9.96. The Bertz CT molecular complexity index is 2490. The van der Waals surface area contributed by atoms with Gasteiger partial charge in [0, 0.05) is 23.3 Å². The fraction of sp³-hybridized carbons (Fsp3) is 0.170. The second-order valence-electron chi connectivity index (χ2n) is 15.9. The van der Waals surface area contributed by atoms with Gasteiger partial charge in [-0.25, -0.2) is 0 Å². The quantitative estimate of drug-likeness (QED) is 0.168. The van der Waals surface area contributed by atoms with E-state index in [0.717, 1.165) is 32.2 Å².